The van der Waals surface area contributed by atoms with Gasteiger partial charge in [0.05, 0.1) is 27.8 Å². The summed E-state index contributed by atoms with van der Waals surface area (Å²) < 4.78 is 7.09. The van der Waals surface area contributed by atoms with E-state index in [1.165, 1.54) is 41.7 Å². The van der Waals surface area contributed by atoms with E-state index < -0.39 is 0 Å². The largest absolute Gasteiger partial charge is 0.308 e. The summed E-state index contributed by atoms with van der Waals surface area (Å²) >= 11 is 1.83. The molecule has 0 unspecified atom stereocenters. The van der Waals surface area contributed by atoms with E-state index in [1.807, 2.05) is 11.3 Å². The van der Waals surface area contributed by atoms with Crippen LogP contribution in [-0.2, 0) is 0 Å². The minimum absolute atomic E-state index is 0.574. The van der Waals surface area contributed by atoms with E-state index in [1.54, 1.807) is 0 Å². The van der Waals surface area contributed by atoms with Crippen LogP contribution in [0.2, 0.25) is 0 Å². The van der Waals surface area contributed by atoms with Crippen molar-refractivity contribution >= 4 is 96.7 Å². The topological polar surface area (TPSA) is 48.5 Å². The van der Waals surface area contributed by atoms with Crippen molar-refractivity contribution in [2.24, 2.45) is 0 Å². The van der Waals surface area contributed by atoms with E-state index in [4.69, 9.17) is 15.0 Å². The van der Waals surface area contributed by atoms with Gasteiger partial charge >= 0.3 is 0 Å². The van der Waals surface area contributed by atoms with Crippen LogP contribution in [0.3, 0.4) is 0 Å². The van der Waals surface area contributed by atoms with Crippen molar-refractivity contribution in [1.29, 1.82) is 0 Å². The first-order chi connectivity index (χ1) is 29.2. The summed E-state index contributed by atoms with van der Waals surface area (Å²) in [6.45, 7) is 0. The predicted molar refractivity (Wildman–Crippen MR) is 247 cm³/mol. The Hall–Kier alpha value is -7.67. The Kier molecular flexibility index (Phi) is 6.82. The first-order valence-electron chi connectivity index (χ1n) is 19.9. The molecule has 0 saturated carbocycles. The van der Waals surface area contributed by atoms with Crippen molar-refractivity contribution in [3.05, 3.63) is 188 Å². The van der Waals surface area contributed by atoms with Crippen LogP contribution < -0.4 is 0 Å². The van der Waals surface area contributed by atoms with Gasteiger partial charge in [-0.1, -0.05) is 140 Å². The molecule has 0 spiro atoms. The first kappa shape index (κ1) is 32.4. The predicted octanol–water partition coefficient (Wildman–Crippen LogP) is 14.1. The Morgan fingerprint density at radius 1 is 0.322 bits per heavy atom. The maximum atomic E-state index is 5.53. The number of aromatic nitrogens is 5. The average molecular weight is 770 g/mol. The second-order valence-corrected chi connectivity index (χ2v) is 16.3. The number of nitrogens with zero attached hydrogens (tertiary/aromatic N) is 5. The van der Waals surface area contributed by atoms with Crippen LogP contribution in [0.5, 0.6) is 0 Å². The molecule has 0 aliphatic rings. The zero-order valence-electron chi connectivity index (χ0n) is 31.5. The lowest BCUT2D eigenvalue weighted by molar-refractivity contribution is 0.953. The van der Waals surface area contributed by atoms with Crippen LogP contribution in [0.1, 0.15) is 0 Å². The van der Waals surface area contributed by atoms with E-state index in [0.29, 0.717) is 17.6 Å². The maximum absolute atomic E-state index is 5.53. The van der Waals surface area contributed by atoms with Crippen LogP contribution in [0.25, 0.3) is 120 Å². The zero-order chi connectivity index (χ0) is 38.6. The summed E-state index contributed by atoms with van der Waals surface area (Å²) in [5.74, 6) is 1.81. The first-order valence-corrected chi connectivity index (χ1v) is 20.7. The fourth-order valence-electron chi connectivity index (χ4n) is 9.30. The highest BCUT2D eigenvalue weighted by Crippen LogP contribution is 2.43. The van der Waals surface area contributed by atoms with Gasteiger partial charge in [0.1, 0.15) is 0 Å². The van der Waals surface area contributed by atoms with Gasteiger partial charge in [-0.25, -0.2) is 4.98 Å². The molecule has 0 amide bonds. The molecule has 13 rings (SSSR count). The standard InChI is InChI=1S/C53H31N5S/c1-2-16-34-29-47-41(28-33(34)15-1)38-21-7-9-24-44(38)57(47)48-31-50-42(39-22-8-12-27-49(39)59-50)30-43(48)52-54-51(40-23-13-17-32-14-3-4-18-35(32)40)55-53(56-52)58-45-25-10-5-19-36(45)37-20-6-11-26-46(37)58/h1-31H. The zero-order valence-corrected chi connectivity index (χ0v) is 32.4. The summed E-state index contributed by atoms with van der Waals surface area (Å²) in [5, 5.41) is 11.8. The summed E-state index contributed by atoms with van der Waals surface area (Å²) in [5.41, 5.74) is 7.27. The van der Waals surface area contributed by atoms with Gasteiger partial charge in [-0.05, 0) is 70.1 Å². The molecule has 6 heteroatoms. The monoisotopic (exact) mass is 769 g/mol. The molecule has 0 bridgehead atoms. The normalized spacial score (nSPS) is 12.1. The fourth-order valence-corrected chi connectivity index (χ4v) is 10.4. The molecular formula is C53H31N5S. The molecule has 5 nitrogen and oxygen atoms in total. The minimum atomic E-state index is 0.574. The third-order valence-corrected chi connectivity index (χ3v) is 13.1. The lowest BCUT2D eigenvalue weighted by Crippen LogP contribution is -2.08. The van der Waals surface area contributed by atoms with Gasteiger partial charge in [0, 0.05) is 52.8 Å². The van der Waals surface area contributed by atoms with Crippen molar-refractivity contribution < 1.29 is 0 Å². The number of rotatable bonds is 4. The second-order valence-electron chi connectivity index (χ2n) is 15.2. The van der Waals surface area contributed by atoms with Gasteiger partial charge in [-0.2, -0.15) is 9.97 Å². The third kappa shape index (κ3) is 4.81. The van der Waals surface area contributed by atoms with Crippen molar-refractivity contribution in [3.63, 3.8) is 0 Å². The highest BCUT2D eigenvalue weighted by Gasteiger charge is 2.23. The van der Waals surface area contributed by atoms with Crippen molar-refractivity contribution in [3.8, 4) is 34.4 Å². The van der Waals surface area contributed by atoms with Crippen LogP contribution in [0.4, 0.5) is 0 Å². The second kappa shape index (κ2) is 12.4. The van der Waals surface area contributed by atoms with Crippen molar-refractivity contribution in [1.82, 2.24) is 24.1 Å². The molecule has 59 heavy (non-hydrogen) atoms. The number of para-hydroxylation sites is 3. The lowest BCUT2D eigenvalue weighted by atomic mass is 10.0. The molecule has 0 atom stereocenters. The molecule has 0 radical (unpaired) electrons. The maximum Gasteiger partial charge on any atom is 0.238 e. The average Bonchev–Trinajstić information content (AvgIpc) is 3.94. The molecule has 13 aromatic rings. The number of benzene rings is 9. The highest BCUT2D eigenvalue weighted by molar-refractivity contribution is 7.25. The Morgan fingerprint density at radius 2 is 0.864 bits per heavy atom. The van der Waals surface area contributed by atoms with Crippen LogP contribution in [0, 0.1) is 0 Å². The van der Waals surface area contributed by atoms with E-state index in [9.17, 15) is 0 Å². The molecule has 4 heterocycles. The number of thiophene rings is 1. The molecule has 274 valence electrons. The van der Waals surface area contributed by atoms with Gasteiger partial charge in [0.15, 0.2) is 11.6 Å². The highest BCUT2D eigenvalue weighted by atomic mass is 32.1. The molecular weight excluding hydrogens is 739 g/mol. The van der Waals surface area contributed by atoms with Crippen LogP contribution in [0.15, 0.2) is 188 Å². The molecule has 0 aliphatic carbocycles. The van der Waals surface area contributed by atoms with E-state index in [0.717, 1.165) is 60.4 Å². The van der Waals surface area contributed by atoms with Crippen molar-refractivity contribution in [2.45, 2.75) is 0 Å². The van der Waals surface area contributed by atoms with E-state index in [2.05, 4.69) is 197 Å². The number of hydrogen-bond donors (Lipinski definition) is 0. The number of hydrogen-bond acceptors (Lipinski definition) is 4. The molecule has 9 aromatic carbocycles. The Bertz CT molecular complexity index is 3810. The summed E-state index contributed by atoms with van der Waals surface area (Å²) in [4.78, 5) is 16.4. The lowest BCUT2D eigenvalue weighted by Gasteiger charge is -2.16. The Labute approximate surface area is 341 Å². The Balaban J connectivity index is 1.19. The number of fused-ring (bicyclic) bond motifs is 11. The summed E-state index contributed by atoms with van der Waals surface area (Å²) in [6, 6.07) is 67.3. The molecule has 0 aliphatic heterocycles. The third-order valence-electron chi connectivity index (χ3n) is 12.0. The SMILES string of the molecule is c1ccc2cc3c(cc2c1)c1ccccc1n3-c1cc2sc3ccccc3c2cc1-c1nc(-c2cccc3ccccc23)nc(-n2c3ccccc3c3ccccc32)n1. The fraction of sp³-hybridized carbons (Fsp3) is 0. The van der Waals surface area contributed by atoms with E-state index in [-0.39, 0.29) is 0 Å². The molecule has 4 aromatic heterocycles. The van der Waals surface area contributed by atoms with Crippen LogP contribution in [-0.4, -0.2) is 24.1 Å². The Morgan fingerprint density at radius 3 is 1.59 bits per heavy atom. The van der Waals surface area contributed by atoms with Gasteiger partial charge in [0.25, 0.3) is 0 Å². The van der Waals surface area contributed by atoms with Gasteiger partial charge < -0.3 is 4.57 Å². The quantitative estimate of drug-likeness (QED) is 0.179. The van der Waals surface area contributed by atoms with Crippen LogP contribution >= 0.6 is 11.3 Å². The van der Waals surface area contributed by atoms with E-state index >= 15 is 0 Å². The molecule has 0 N–H and O–H groups in total. The molecule has 0 saturated heterocycles. The van der Waals surface area contributed by atoms with Gasteiger partial charge in [-0.3, -0.25) is 4.57 Å². The van der Waals surface area contributed by atoms with Gasteiger partial charge in [0.2, 0.25) is 5.95 Å². The minimum Gasteiger partial charge on any atom is -0.308 e. The molecule has 0 fully saturated rings. The summed E-state index contributed by atoms with van der Waals surface area (Å²) in [6.07, 6.45) is 0. The smallest absolute Gasteiger partial charge is 0.238 e. The summed E-state index contributed by atoms with van der Waals surface area (Å²) in [7, 11) is 0. The van der Waals surface area contributed by atoms with Gasteiger partial charge in [-0.15, -0.1) is 11.3 Å². The van der Waals surface area contributed by atoms with Crippen molar-refractivity contribution in [2.75, 3.05) is 0 Å².